The van der Waals surface area contributed by atoms with Crippen LogP contribution in [0.3, 0.4) is 0 Å². The topological polar surface area (TPSA) is 96.9 Å². The van der Waals surface area contributed by atoms with Gasteiger partial charge in [0.2, 0.25) is 0 Å². The third-order valence-corrected chi connectivity index (χ3v) is 7.57. The fourth-order valence-electron chi connectivity index (χ4n) is 4.80. The molecule has 2 aliphatic rings. The van der Waals surface area contributed by atoms with Gasteiger partial charge in [0, 0.05) is 29.7 Å². The van der Waals surface area contributed by atoms with E-state index < -0.39 is 54.9 Å². The zero-order chi connectivity index (χ0) is 30.2. The van der Waals surface area contributed by atoms with Gasteiger partial charge in [0.1, 0.15) is 6.17 Å². The minimum absolute atomic E-state index is 0.100. The number of anilines is 1. The van der Waals surface area contributed by atoms with Gasteiger partial charge in [0.25, 0.3) is 0 Å². The SMILES string of the molecule is O=c1n(CC2N=C(C(F)(F)C3CCOCC3)N(c3ccccc3Cl)N2)nc(-c2ccc(Cl)cc2)n1C[C@H](O)C(F)(F)F. The second-order valence-corrected chi connectivity index (χ2v) is 10.7. The predicted molar refractivity (Wildman–Crippen MR) is 146 cm³/mol. The molecule has 16 heteroatoms. The number of para-hydroxylation sites is 1. The van der Waals surface area contributed by atoms with Gasteiger partial charge < -0.3 is 9.84 Å². The molecular weight excluding hydrogens is 610 g/mol. The summed E-state index contributed by atoms with van der Waals surface area (Å²) in [7, 11) is 0. The molecule has 1 fully saturated rings. The number of aliphatic hydroxyl groups is 1. The van der Waals surface area contributed by atoms with E-state index in [9.17, 15) is 23.1 Å². The molecule has 2 atom stereocenters. The molecule has 2 aliphatic heterocycles. The summed E-state index contributed by atoms with van der Waals surface area (Å²) in [5.41, 5.74) is 2.27. The number of alkyl halides is 5. The van der Waals surface area contributed by atoms with Crippen molar-refractivity contribution in [3.8, 4) is 11.4 Å². The summed E-state index contributed by atoms with van der Waals surface area (Å²) >= 11 is 12.3. The summed E-state index contributed by atoms with van der Waals surface area (Å²) in [6.07, 6.45) is -8.84. The van der Waals surface area contributed by atoms with E-state index in [0.29, 0.717) is 9.59 Å². The number of hydrogen-bond donors (Lipinski definition) is 2. The van der Waals surface area contributed by atoms with Crippen molar-refractivity contribution < 1.29 is 31.8 Å². The minimum atomic E-state index is -5.00. The van der Waals surface area contributed by atoms with Gasteiger partial charge in [-0.15, -0.1) is 5.10 Å². The number of halogens is 7. The van der Waals surface area contributed by atoms with Crippen LogP contribution < -0.4 is 16.1 Å². The Kier molecular flexibility index (Phi) is 8.63. The summed E-state index contributed by atoms with van der Waals surface area (Å²) in [5, 5.41) is 15.5. The van der Waals surface area contributed by atoms with E-state index in [1.54, 1.807) is 12.1 Å². The highest BCUT2D eigenvalue weighted by Crippen LogP contribution is 2.39. The Labute approximate surface area is 246 Å². The molecule has 3 aromatic rings. The number of amidine groups is 1. The molecule has 0 amide bonds. The van der Waals surface area contributed by atoms with Crippen LogP contribution in [0.5, 0.6) is 0 Å². The van der Waals surface area contributed by atoms with Crippen molar-refractivity contribution in [1.29, 1.82) is 0 Å². The first-order valence-electron chi connectivity index (χ1n) is 12.9. The lowest BCUT2D eigenvalue weighted by atomic mass is 9.92. The van der Waals surface area contributed by atoms with E-state index in [0.717, 1.165) is 9.69 Å². The number of aliphatic imine (C=N–C) groups is 1. The van der Waals surface area contributed by atoms with Crippen molar-refractivity contribution in [2.75, 3.05) is 18.2 Å². The van der Waals surface area contributed by atoms with Crippen LogP contribution in [0.2, 0.25) is 10.0 Å². The van der Waals surface area contributed by atoms with Crippen molar-refractivity contribution in [1.82, 2.24) is 19.8 Å². The third kappa shape index (κ3) is 6.18. The largest absolute Gasteiger partial charge is 0.416 e. The van der Waals surface area contributed by atoms with Crippen molar-refractivity contribution in [3.63, 3.8) is 0 Å². The zero-order valence-corrected chi connectivity index (χ0v) is 23.3. The monoisotopic (exact) mass is 634 g/mol. The molecule has 1 saturated heterocycles. The maximum atomic E-state index is 15.9. The van der Waals surface area contributed by atoms with Gasteiger partial charge >= 0.3 is 17.8 Å². The second kappa shape index (κ2) is 11.9. The highest BCUT2D eigenvalue weighted by molar-refractivity contribution is 6.34. The molecule has 5 rings (SSSR count). The van der Waals surface area contributed by atoms with Gasteiger partial charge in [0.15, 0.2) is 17.8 Å². The molecule has 0 saturated carbocycles. The van der Waals surface area contributed by atoms with Crippen LogP contribution in [0.25, 0.3) is 11.4 Å². The summed E-state index contributed by atoms with van der Waals surface area (Å²) in [4.78, 5) is 17.5. The number of nitrogens with zero attached hydrogens (tertiary/aromatic N) is 5. The van der Waals surface area contributed by atoms with Crippen LogP contribution >= 0.6 is 23.2 Å². The lowest BCUT2D eigenvalue weighted by Gasteiger charge is -2.33. The molecule has 1 aromatic heterocycles. The summed E-state index contributed by atoms with van der Waals surface area (Å²) < 4.78 is 78.1. The molecule has 1 unspecified atom stereocenters. The third-order valence-electron chi connectivity index (χ3n) is 7.00. The Morgan fingerprint density at radius 2 is 1.71 bits per heavy atom. The lowest BCUT2D eigenvalue weighted by molar-refractivity contribution is -0.207. The van der Waals surface area contributed by atoms with E-state index >= 15 is 8.78 Å². The van der Waals surface area contributed by atoms with E-state index in [2.05, 4.69) is 15.5 Å². The Morgan fingerprint density at radius 3 is 2.36 bits per heavy atom. The highest BCUT2D eigenvalue weighted by atomic mass is 35.5. The molecule has 0 aliphatic carbocycles. The fourth-order valence-corrected chi connectivity index (χ4v) is 5.14. The number of nitrogens with one attached hydrogen (secondary N) is 1. The van der Waals surface area contributed by atoms with Gasteiger partial charge in [-0.05, 0) is 49.2 Å². The van der Waals surface area contributed by atoms with Gasteiger partial charge in [-0.3, -0.25) is 9.58 Å². The number of ether oxygens (including phenoxy) is 1. The molecule has 42 heavy (non-hydrogen) atoms. The van der Waals surface area contributed by atoms with Gasteiger partial charge in [-0.1, -0.05) is 35.3 Å². The zero-order valence-electron chi connectivity index (χ0n) is 21.7. The average molecular weight is 635 g/mol. The molecule has 3 heterocycles. The molecule has 2 aromatic carbocycles. The number of hydrogen-bond acceptors (Lipinski definition) is 7. The number of hydrazine groups is 1. The van der Waals surface area contributed by atoms with Crippen molar-refractivity contribution in [2.24, 2.45) is 10.9 Å². The summed E-state index contributed by atoms with van der Waals surface area (Å²) in [6.45, 7) is -1.23. The molecule has 0 bridgehead atoms. The van der Waals surface area contributed by atoms with Crippen LogP contribution in [0.4, 0.5) is 27.6 Å². The Bertz CT molecular complexity index is 1510. The van der Waals surface area contributed by atoms with E-state index in [4.69, 9.17) is 27.9 Å². The number of rotatable bonds is 8. The average Bonchev–Trinajstić information content (AvgIpc) is 3.51. The predicted octanol–water partition coefficient (Wildman–Crippen LogP) is 4.75. The van der Waals surface area contributed by atoms with Crippen molar-refractivity contribution in [2.45, 2.75) is 50.3 Å². The molecular formula is C26H25Cl2F5N6O3. The summed E-state index contributed by atoms with van der Waals surface area (Å²) in [6, 6.07) is 12.1. The first-order chi connectivity index (χ1) is 19.9. The molecule has 0 spiro atoms. The fraction of sp³-hybridized carbons (Fsp3) is 0.423. The second-order valence-electron chi connectivity index (χ2n) is 9.86. The first-order valence-corrected chi connectivity index (χ1v) is 13.6. The normalized spacial score (nSPS) is 19.3. The number of aromatic nitrogens is 3. The van der Waals surface area contributed by atoms with Crippen molar-refractivity contribution >= 4 is 34.7 Å². The lowest BCUT2D eigenvalue weighted by Crippen LogP contribution is -2.52. The quantitative estimate of drug-likeness (QED) is 0.347. The minimum Gasteiger partial charge on any atom is -0.382 e. The molecule has 9 nitrogen and oxygen atoms in total. The van der Waals surface area contributed by atoms with Crippen LogP contribution in [0.15, 0.2) is 58.3 Å². The van der Waals surface area contributed by atoms with E-state index in [1.807, 2.05) is 0 Å². The van der Waals surface area contributed by atoms with Crippen molar-refractivity contribution in [3.05, 3.63) is 69.1 Å². The smallest absolute Gasteiger partial charge is 0.382 e. The van der Waals surface area contributed by atoms with Crippen LogP contribution in [-0.4, -0.2) is 62.9 Å². The maximum absolute atomic E-state index is 15.9. The highest BCUT2D eigenvalue weighted by Gasteiger charge is 2.51. The Balaban J connectivity index is 1.52. The van der Waals surface area contributed by atoms with Gasteiger partial charge in [-0.2, -0.15) is 22.0 Å². The number of benzene rings is 2. The Morgan fingerprint density at radius 1 is 1.05 bits per heavy atom. The van der Waals surface area contributed by atoms with Crippen LogP contribution in [0.1, 0.15) is 12.8 Å². The van der Waals surface area contributed by atoms with E-state index in [1.165, 1.54) is 36.4 Å². The standard InChI is InChI=1S/C26H25Cl2F5N6O3/c27-17-7-5-15(6-8-17)22-36-38(24(41)37(22)13-20(40)26(31,32)33)14-21-34-23(25(29,30)16-9-11-42-12-10-16)39(35-21)19-4-2-1-3-18(19)28/h1-8,16,20-21,35,40H,9-14H2/t20-,21?/m0/s1. The van der Waals surface area contributed by atoms with E-state index in [-0.39, 0.29) is 48.2 Å². The van der Waals surface area contributed by atoms with Gasteiger partial charge in [-0.25, -0.2) is 19.9 Å². The molecule has 226 valence electrons. The Hall–Kier alpha value is -3.04. The molecule has 0 radical (unpaired) electrons. The van der Waals surface area contributed by atoms with Crippen LogP contribution in [0, 0.1) is 5.92 Å². The van der Waals surface area contributed by atoms with Crippen LogP contribution in [-0.2, 0) is 17.8 Å². The van der Waals surface area contributed by atoms with Gasteiger partial charge in [0.05, 0.1) is 23.8 Å². The number of aliphatic hydroxyl groups excluding tert-OH is 1. The molecule has 2 N–H and O–H groups in total. The maximum Gasteiger partial charge on any atom is 0.416 e. The first kappa shape index (κ1) is 30.4. The summed E-state index contributed by atoms with van der Waals surface area (Å²) in [5.74, 6) is -5.29.